The molecule has 0 atom stereocenters. The second-order valence-corrected chi connectivity index (χ2v) is 3.87. The third-order valence-electron chi connectivity index (χ3n) is 0. The fraction of sp³-hybridized carbons (Fsp3) is 0.250. The SMILES string of the molecule is CC[Te].CC[Te].[C-]#[O+].[C-]#[O+].[C-]#[O+].[C-]#[O+].[C-]#[O+].[C-]#[O+].[C-]#[O+].[C-]#[O+].[C-]#[O+].[C-]#[O+].[C-]#[O+].[C-]#[O+].[Fe].[Fe].[Fe].[Fe].[SH-]. The molecule has 0 aromatic heterocycles. The molecule has 0 heterocycles. The number of hydrogen-bond acceptors (Lipinski definition) is 1. The Morgan fingerprint density at radius 2 is 0.314 bits per heavy atom. The van der Waals surface area contributed by atoms with Gasteiger partial charge >= 0.3 is 203 Å². The van der Waals surface area contributed by atoms with Crippen molar-refractivity contribution in [2.24, 2.45) is 0 Å². The van der Waals surface area contributed by atoms with Crippen LogP contribution in [0.5, 0.6) is 0 Å². The number of rotatable bonds is 0. The monoisotopic (exact) mass is 911 g/mol. The molecule has 0 unspecified atom stereocenters. The number of hydrogen-bond donors (Lipinski definition) is 0. The van der Waals surface area contributed by atoms with E-state index in [1.54, 1.807) is 0 Å². The van der Waals surface area contributed by atoms with E-state index in [1.165, 1.54) is 8.94 Å². The molecule has 0 spiro atoms. The van der Waals surface area contributed by atoms with Crippen LogP contribution in [0.2, 0.25) is 8.94 Å². The minimum Gasteiger partial charge on any atom is -0.813 e. The average Bonchev–Trinajstić information content (AvgIpc) is 2.94. The van der Waals surface area contributed by atoms with Crippen LogP contribution in [-0.2, 0) is 138 Å². The molecular formula is C16H11Fe4O12STe2-. The second kappa shape index (κ2) is 4810. The molecule has 0 aliphatic carbocycles. The average molecular weight is 906 g/mol. The summed E-state index contributed by atoms with van der Waals surface area (Å²) in [7, 11) is 0. The van der Waals surface area contributed by atoms with Crippen LogP contribution in [0.15, 0.2) is 0 Å². The summed E-state index contributed by atoms with van der Waals surface area (Å²) in [5.41, 5.74) is 0. The van der Waals surface area contributed by atoms with Crippen molar-refractivity contribution in [1.82, 2.24) is 0 Å². The maximum Gasteiger partial charge on any atom is 0 e. The quantitative estimate of drug-likeness (QED) is 0.109. The Bertz CT molecular complexity index is 273. The summed E-state index contributed by atoms with van der Waals surface area (Å²) in [5.74, 6) is 0. The first-order valence-corrected chi connectivity index (χ1v) is 7.74. The van der Waals surface area contributed by atoms with E-state index in [9.17, 15) is 0 Å². The van der Waals surface area contributed by atoms with Crippen molar-refractivity contribution in [2.45, 2.75) is 22.8 Å². The molecule has 0 aliphatic heterocycles. The third kappa shape index (κ3) is 47900. The van der Waals surface area contributed by atoms with Crippen molar-refractivity contribution in [2.75, 3.05) is 0 Å². The predicted molar refractivity (Wildman–Crippen MR) is 88.4 cm³/mol. The zero-order valence-electron chi connectivity index (χ0n) is 17.0. The summed E-state index contributed by atoms with van der Waals surface area (Å²) >= 11 is 4.14. The van der Waals surface area contributed by atoms with Crippen molar-refractivity contribution >= 4 is 58.1 Å². The van der Waals surface area contributed by atoms with Gasteiger partial charge in [-0.15, -0.1) is 0 Å². The van der Waals surface area contributed by atoms with Crippen molar-refractivity contribution in [1.29, 1.82) is 0 Å². The van der Waals surface area contributed by atoms with E-state index in [0.717, 1.165) is 0 Å². The molecular weight excluding hydrogens is 895 g/mol. The molecule has 0 rings (SSSR count). The van der Waals surface area contributed by atoms with E-state index in [-0.39, 0.29) is 81.8 Å². The largest absolute Gasteiger partial charge is 0.813 e. The van der Waals surface area contributed by atoms with Crippen LogP contribution in [-0.4, -0.2) is 44.6 Å². The maximum atomic E-state index is 7.50. The fourth-order valence-corrected chi connectivity index (χ4v) is 0. The van der Waals surface area contributed by atoms with Crippen molar-refractivity contribution in [3.05, 3.63) is 79.8 Å². The molecule has 198 valence electrons. The van der Waals surface area contributed by atoms with Crippen LogP contribution in [0.1, 0.15) is 13.8 Å². The van der Waals surface area contributed by atoms with Gasteiger partial charge in [-0.1, -0.05) is 0 Å². The Labute approximate surface area is 281 Å². The van der Waals surface area contributed by atoms with Crippen LogP contribution in [0.25, 0.3) is 0 Å². The molecule has 0 aromatic rings. The predicted octanol–water partition coefficient (Wildman–Crippen LogP) is 0.456. The van der Waals surface area contributed by atoms with Crippen molar-refractivity contribution < 1.29 is 124 Å². The standard InChI is InChI=1S/2C2H5Te.12CO.4Fe.H2S/c2*1-2-3;12*1-2;;;;;/h2*2H2,1H3;;;;;;;;;;;;;;;;;1H2/p-1. The van der Waals surface area contributed by atoms with Gasteiger partial charge in [-0.3, -0.25) is 0 Å². The summed E-state index contributed by atoms with van der Waals surface area (Å²) in [6.45, 7) is 58.3. The van der Waals surface area contributed by atoms with Crippen LogP contribution >= 0.6 is 0 Å². The van der Waals surface area contributed by atoms with Gasteiger partial charge in [0.1, 0.15) is 0 Å². The van der Waals surface area contributed by atoms with Crippen molar-refractivity contribution in [3.63, 3.8) is 0 Å². The van der Waals surface area contributed by atoms with Gasteiger partial charge in [0.15, 0.2) is 0 Å². The zero-order valence-corrected chi connectivity index (χ0v) is 27.0. The molecule has 0 amide bonds. The van der Waals surface area contributed by atoms with Crippen LogP contribution in [0.4, 0.5) is 0 Å². The second-order valence-electron chi connectivity index (χ2n) is 0.577. The van der Waals surface area contributed by atoms with Crippen LogP contribution < -0.4 is 0 Å². The van der Waals surface area contributed by atoms with Gasteiger partial charge in [0, 0.05) is 68.3 Å². The molecule has 35 heavy (non-hydrogen) atoms. The minimum absolute atomic E-state index is 0. The molecule has 0 aliphatic rings. The summed E-state index contributed by atoms with van der Waals surface area (Å²) < 4.78 is 92.5. The molecule has 0 bridgehead atoms. The van der Waals surface area contributed by atoms with E-state index in [4.69, 9.17) is 55.8 Å². The molecule has 0 saturated carbocycles. The van der Waals surface area contributed by atoms with E-state index in [0.29, 0.717) is 0 Å². The summed E-state index contributed by atoms with van der Waals surface area (Å²) in [6.07, 6.45) is 0. The van der Waals surface area contributed by atoms with Gasteiger partial charge < -0.3 is 13.5 Å². The van der Waals surface area contributed by atoms with E-state index in [2.05, 4.69) is 138 Å². The fourth-order valence-electron chi connectivity index (χ4n) is 0. The first-order chi connectivity index (χ1) is 14.8. The topological polar surface area (TPSA) is 239 Å². The summed E-state index contributed by atoms with van der Waals surface area (Å²) in [5, 5.41) is 0. The van der Waals surface area contributed by atoms with Crippen LogP contribution in [0.3, 0.4) is 0 Å². The Kier molecular flexibility index (Phi) is 21000. The Hall–Kier alpha value is 0.887. The smallest absolute Gasteiger partial charge is 0 e. The summed E-state index contributed by atoms with van der Waals surface area (Å²) in [4.78, 5) is 0. The van der Waals surface area contributed by atoms with Crippen LogP contribution in [0, 0.1) is 79.8 Å². The first-order valence-electron chi connectivity index (χ1n) is 4.44. The Balaban J connectivity index is -0.00000000460. The van der Waals surface area contributed by atoms with Gasteiger partial charge in [-0.05, 0) is 0 Å². The minimum atomic E-state index is 0. The third-order valence-corrected chi connectivity index (χ3v) is 0. The van der Waals surface area contributed by atoms with Gasteiger partial charge in [0.05, 0.1) is 0 Å². The molecule has 0 N–H and O–H groups in total. The normalized spacial score (nSPS) is 1.71. The van der Waals surface area contributed by atoms with Gasteiger partial charge in [-0.2, -0.15) is 0 Å². The first kappa shape index (κ1) is 153. The molecule has 0 aromatic carbocycles. The molecule has 19 heteroatoms. The molecule has 0 fully saturated rings. The van der Waals surface area contributed by atoms with E-state index >= 15 is 0 Å². The molecule has 12 nitrogen and oxygen atoms in total. The van der Waals surface area contributed by atoms with Crippen molar-refractivity contribution in [3.8, 4) is 0 Å². The van der Waals surface area contributed by atoms with Gasteiger partial charge in [-0.25, -0.2) is 0 Å². The van der Waals surface area contributed by atoms with E-state index in [1.807, 2.05) is 0 Å². The van der Waals surface area contributed by atoms with Gasteiger partial charge in [0.2, 0.25) is 0 Å². The molecule has 2 radical (unpaired) electrons. The zero-order chi connectivity index (χ0) is 29.4. The maximum absolute atomic E-state index is 7.50. The van der Waals surface area contributed by atoms with Gasteiger partial charge in [0.25, 0.3) is 0 Å². The summed E-state index contributed by atoms with van der Waals surface area (Å²) in [6, 6.07) is 0. The number of thiol groups is 1. The Morgan fingerprint density at radius 3 is 0.314 bits per heavy atom. The molecule has 0 saturated heterocycles. The van der Waals surface area contributed by atoms with E-state index < -0.39 is 0 Å². The Morgan fingerprint density at radius 1 is 0.314 bits per heavy atom.